The summed E-state index contributed by atoms with van der Waals surface area (Å²) in [7, 11) is 0. The van der Waals surface area contributed by atoms with Gasteiger partial charge in [-0.1, -0.05) is 6.92 Å². The molecule has 2 N–H and O–H groups in total. The molecule has 0 spiro atoms. The van der Waals surface area contributed by atoms with E-state index in [0.717, 1.165) is 12.2 Å². The average Bonchev–Trinajstić information content (AvgIpc) is 2.71. The normalized spacial score (nSPS) is 28.2. The van der Waals surface area contributed by atoms with E-state index >= 15 is 0 Å². The van der Waals surface area contributed by atoms with Crippen LogP contribution in [0.5, 0.6) is 0 Å². The van der Waals surface area contributed by atoms with E-state index in [1.54, 1.807) is 0 Å². The molecule has 1 saturated heterocycles. The lowest BCUT2D eigenvalue weighted by molar-refractivity contribution is 0.430. The summed E-state index contributed by atoms with van der Waals surface area (Å²) in [5.74, 6) is 1.98. The zero-order chi connectivity index (χ0) is 9.26. The van der Waals surface area contributed by atoms with Crippen LogP contribution >= 0.6 is 11.8 Å². The minimum absolute atomic E-state index is 0.418. The highest BCUT2D eigenvalue weighted by Crippen LogP contribution is 2.35. The van der Waals surface area contributed by atoms with Crippen LogP contribution in [0.4, 0.5) is 0 Å². The molecule has 5 nitrogen and oxygen atoms in total. The Morgan fingerprint density at radius 3 is 3.15 bits per heavy atom. The molecule has 0 saturated carbocycles. The summed E-state index contributed by atoms with van der Waals surface area (Å²) >= 11 is 1.97. The van der Waals surface area contributed by atoms with Gasteiger partial charge in [-0.2, -0.15) is 11.8 Å². The molecular weight excluding hydrogens is 186 g/mol. The molecule has 0 aromatic carbocycles. The molecular formula is C7H13N5S. The molecule has 72 valence electrons. The Labute approximate surface area is 81.1 Å². The zero-order valence-electron chi connectivity index (χ0n) is 7.55. The lowest BCUT2D eigenvalue weighted by Gasteiger charge is -2.14. The maximum atomic E-state index is 5.54. The largest absolute Gasteiger partial charge is 0.324 e. The average molecular weight is 199 g/mol. The number of tetrazole rings is 1. The third-order valence-corrected chi connectivity index (χ3v) is 3.71. The van der Waals surface area contributed by atoms with Crippen LogP contribution in [0.1, 0.15) is 25.2 Å². The molecule has 1 aromatic rings. The molecule has 2 atom stereocenters. The van der Waals surface area contributed by atoms with Crippen LogP contribution in [-0.2, 0) is 6.54 Å². The van der Waals surface area contributed by atoms with Crippen molar-refractivity contribution in [1.29, 1.82) is 0 Å². The van der Waals surface area contributed by atoms with Crippen LogP contribution in [0.2, 0.25) is 0 Å². The van der Waals surface area contributed by atoms with E-state index in [1.807, 2.05) is 16.4 Å². The first kappa shape index (κ1) is 8.96. The lowest BCUT2D eigenvalue weighted by atomic mass is 10.2. The van der Waals surface area contributed by atoms with Gasteiger partial charge in [-0.05, 0) is 22.6 Å². The Balaban J connectivity index is 2.23. The third kappa shape index (κ3) is 1.55. The molecule has 0 bridgehead atoms. The molecule has 1 aromatic heterocycles. The van der Waals surface area contributed by atoms with Crippen LogP contribution in [0.3, 0.4) is 0 Å². The van der Waals surface area contributed by atoms with Crippen molar-refractivity contribution in [3.05, 3.63) is 5.82 Å². The SMILES string of the molecule is CC1SCCC1n1nnnc1CN. The quantitative estimate of drug-likeness (QED) is 0.736. The van der Waals surface area contributed by atoms with Gasteiger partial charge in [0.1, 0.15) is 0 Å². The van der Waals surface area contributed by atoms with Crippen molar-refractivity contribution in [2.24, 2.45) is 5.73 Å². The van der Waals surface area contributed by atoms with Crippen molar-refractivity contribution >= 4 is 11.8 Å². The number of nitrogens with two attached hydrogens (primary N) is 1. The van der Waals surface area contributed by atoms with Crippen molar-refractivity contribution in [1.82, 2.24) is 20.2 Å². The molecule has 2 heterocycles. The predicted octanol–water partition coefficient (Wildman–Crippen LogP) is 0.198. The maximum absolute atomic E-state index is 5.54. The van der Waals surface area contributed by atoms with Gasteiger partial charge in [0.15, 0.2) is 5.82 Å². The van der Waals surface area contributed by atoms with Crippen LogP contribution in [-0.4, -0.2) is 31.2 Å². The molecule has 2 unspecified atom stereocenters. The number of nitrogens with zero attached hydrogens (tertiary/aromatic N) is 4. The Morgan fingerprint density at radius 1 is 1.69 bits per heavy atom. The number of aromatic nitrogens is 4. The highest BCUT2D eigenvalue weighted by atomic mass is 32.2. The van der Waals surface area contributed by atoms with Gasteiger partial charge in [-0.15, -0.1) is 5.10 Å². The standard InChI is InChI=1S/C7H13N5S/c1-5-6(2-3-13-5)12-7(4-8)9-10-11-12/h5-6H,2-4,8H2,1H3. The van der Waals surface area contributed by atoms with Crippen LogP contribution in [0.15, 0.2) is 0 Å². The number of rotatable bonds is 2. The summed E-state index contributed by atoms with van der Waals surface area (Å²) in [6.45, 7) is 2.63. The lowest BCUT2D eigenvalue weighted by Crippen LogP contribution is -2.20. The van der Waals surface area contributed by atoms with Gasteiger partial charge in [0, 0.05) is 5.25 Å². The molecule has 2 rings (SSSR count). The van der Waals surface area contributed by atoms with Crippen LogP contribution in [0, 0.1) is 0 Å². The Hall–Kier alpha value is -0.620. The summed E-state index contributed by atoms with van der Waals surface area (Å²) in [4.78, 5) is 0. The van der Waals surface area contributed by atoms with Gasteiger partial charge < -0.3 is 5.73 Å². The van der Waals surface area contributed by atoms with E-state index in [0.29, 0.717) is 17.8 Å². The van der Waals surface area contributed by atoms with Gasteiger partial charge in [-0.25, -0.2) is 4.68 Å². The number of hydrogen-bond donors (Lipinski definition) is 1. The predicted molar refractivity (Wildman–Crippen MR) is 51.3 cm³/mol. The highest BCUT2D eigenvalue weighted by Gasteiger charge is 2.28. The van der Waals surface area contributed by atoms with E-state index in [9.17, 15) is 0 Å². The summed E-state index contributed by atoms with van der Waals surface area (Å²) < 4.78 is 1.88. The van der Waals surface area contributed by atoms with Gasteiger partial charge in [0.2, 0.25) is 0 Å². The molecule has 13 heavy (non-hydrogen) atoms. The van der Waals surface area contributed by atoms with Gasteiger partial charge in [-0.3, -0.25) is 0 Å². The van der Waals surface area contributed by atoms with E-state index in [1.165, 1.54) is 5.75 Å². The fourth-order valence-corrected chi connectivity index (χ4v) is 2.87. The third-order valence-electron chi connectivity index (χ3n) is 2.39. The molecule has 1 aliphatic rings. The second-order valence-electron chi connectivity index (χ2n) is 3.18. The van der Waals surface area contributed by atoms with Crippen molar-refractivity contribution < 1.29 is 0 Å². The molecule has 0 radical (unpaired) electrons. The highest BCUT2D eigenvalue weighted by molar-refractivity contribution is 8.00. The van der Waals surface area contributed by atoms with Crippen molar-refractivity contribution in [2.75, 3.05) is 5.75 Å². The van der Waals surface area contributed by atoms with E-state index < -0.39 is 0 Å². The number of thioether (sulfide) groups is 1. The van der Waals surface area contributed by atoms with Crippen LogP contribution < -0.4 is 5.73 Å². The molecule has 6 heteroatoms. The number of hydrogen-bond acceptors (Lipinski definition) is 5. The Morgan fingerprint density at radius 2 is 2.54 bits per heavy atom. The maximum Gasteiger partial charge on any atom is 0.165 e. The summed E-state index contributed by atoms with van der Waals surface area (Å²) in [6.07, 6.45) is 1.14. The smallest absolute Gasteiger partial charge is 0.165 e. The molecule has 1 fully saturated rings. The van der Waals surface area contributed by atoms with Crippen molar-refractivity contribution in [2.45, 2.75) is 31.2 Å². The monoisotopic (exact) mass is 199 g/mol. The second-order valence-corrected chi connectivity index (χ2v) is 4.66. The Kier molecular flexibility index (Phi) is 2.50. The minimum Gasteiger partial charge on any atom is -0.324 e. The summed E-state index contributed by atoms with van der Waals surface area (Å²) in [5, 5.41) is 12.1. The fourth-order valence-electron chi connectivity index (χ4n) is 1.65. The van der Waals surface area contributed by atoms with Crippen molar-refractivity contribution in [3.63, 3.8) is 0 Å². The summed E-state index contributed by atoms with van der Waals surface area (Å²) in [6, 6.07) is 0.429. The molecule has 0 aliphatic carbocycles. The van der Waals surface area contributed by atoms with E-state index in [-0.39, 0.29) is 0 Å². The molecule has 1 aliphatic heterocycles. The second kappa shape index (κ2) is 3.63. The first-order valence-electron chi connectivity index (χ1n) is 4.41. The zero-order valence-corrected chi connectivity index (χ0v) is 8.37. The first-order chi connectivity index (χ1) is 6.33. The first-order valence-corrected chi connectivity index (χ1v) is 5.46. The van der Waals surface area contributed by atoms with E-state index in [4.69, 9.17) is 5.73 Å². The summed E-state index contributed by atoms with van der Waals surface area (Å²) in [5.41, 5.74) is 5.54. The van der Waals surface area contributed by atoms with Crippen molar-refractivity contribution in [3.8, 4) is 0 Å². The Bertz CT molecular complexity index is 286. The minimum atomic E-state index is 0.418. The van der Waals surface area contributed by atoms with Crippen LogP contribution in [0.25, 0.3) is 0 Å². The van der Waals surface area contributed by atoms with Gasteiger partial charge in [0.25, 0.3) is 0 Å². The molecule has 0 amide bonds. The van der Waals surface area contributed by atoms with E-state index in [2.05, 4.69) is 22.4 Å². The topological polar surface area (TPSA) is 69.6 Å². The fraction of sp³-hybridized carbons (Fsp3) is 0.857. The van der Waals surface area contributed by atoms with Gasteiger partial charge >= 0.3 is 0 Å². The van der Waals surface area contributed by atoms with Gasteiger partial charge in [0.05, 0.1) is 12.6 Å².